The first-order valence-corrected chi connectivity index (χ1v) is 4.31. The lowest BCUT2D eigenvalue weighted by molar-refractivity contribution is 0.280. The molecule has 0 aromatic heterocycles. The minimum atomic E-state index is -0.731. The van der Waals surface area contributed by atoms with E-state index in [0.29, 0.717) is 18.6 Å². The summed E-state index contributed by atoms with van der Waals surface area (Å²) in [6.07, 6.45) is 1.40. The van der Waals surface area contributed by atoms with E-state index in [1.807, 2.05) is 0 Å². The molecule has 1 aromatic rings. The molecule has 72 valence electrons. The van der Waals surface area contributed by atoms with E-state index in [0.717, 1.165) is 12.5 Å². The van der Waals surface area contributed by atoms with Crippen LogP contribution in [0.4, 0.5) is 4.39 Å². The quantitative estimate of drug-likeness (QED) is 0.682. The molecule has 1 aromatic carbocycles. The van der Waals surface area contributed by atoms with Crippen LogP contribution in [0.2, 0.25) is 0 Å². The minimum absolute atomic E-state index is 0.113. The van der Waals surface area contributed by atoms with Gasteiger partial charge in [-0.3, -0.25) is 0 Å². The van der Waals surface area contributed by atoms with Crippen molar-refractivity contribution in [2.24, 2.45) is 0 Å². The summed E-state index contributed by atoms with van der Waals surface area (Å²) >= 11 is 0. The molecule has 0 amide bonds. The van der Waals surface area contributed by atoms with Gasteiger partial charge in [-0.15, -0.1) is 0 Å². The Morgan fingerprint density at radius 3 is 3.07 bits per heavy atom. The van der Waals surface area contributed by atoms with E-state index in [1.54, 1.807) is 6.07 Å². The van der Waals surface area contributed by atoms with Gasteiger partial charge in [0.1, 0.15) is 28.9 Å². The van der Waals surface area contributed by atoms with Crippen LogP contribution in [0.5, 0.6) is 11.5 Å². The molecule has 0 fully saturated rings. The molecule has 3 nitrogen and oxygen atoms in total. The summed E-state index contributed by atoms with van der Waals surface area (Å²) in [5.74, 6) is -0.655. The van der Waals surface area contributed by atoms with Crippen LogP contribution < -0.4 is 4.74 Å². The monoisotopic (exact) mass is 193 g/mol. The van der Waals surface area contributed by atoms with Gasteiger partial charge in [-0.25, -0.2) is 4.39 Å². The molecule has 14 heavy (non-hydrogen) atoms. The fraction of sp³-hybridized carbons (Fsp3) is 0.300. The van der Waals surface area contributed by atoms with Crippen molar-refractivity contribution in [3.05, 3.63) is 23.0 Å². The lowest BCUT2D eigenvalue weighted by Crippen LogP contribution is -2.11. The maximum Gasteiger partial charge on any atom is 0.148 e. The number of fused-ring (bicyclic) bond motifs is 1. The molecule has 0 spiro atoms. The number of phenols is 1. The van der Waals surface area contributed by atoms with Crippen LogP contribution in [0.15, 0.2) is 6.07 Å². The van der Waals surface area contributed by atoms with Crippen LogP contribution in [0, 0.1) is 17.1 Å². The van der Waals surface area contributed by atoms with Gasteiger partial charge in [0, 0.05) is 11.6 Å². The van der Waals surface area contributed by atoms with Crippen LogP contribution in [-0.2, 0) is 6.42 Å². The second-order valence-corrected chi connectivity index (χ2v) is 3.12. The Bertz CT molecular complexity index is 423. The van der Waals surface area contributed by atoms with Gasteiger partial charge in [0.2, 0.25) is 0 Å². The van der Waals surface area contributed by atoms with Crippen molar-refractivity contribution in [2.45, 2.75) is 12.8 Å². The highest BCUT2D eigenvalue weighted by Gasteiger charge is 2.21. The molecule has 1 heterocycles. The first-order valence-electron chi connectivity index (χ1n) is 4.31. The highest BCUT2D eigenvalue weighted by atomic mass is 19.1. The Labute approximate surface area is 80.4 Å². The van der Waals surface area contributed by atoms with Crippen molar-refractivity contribution in [3.63, 3.8) is 0 Å². The number of benzene rings is 1. The molecule has 0 atom stereocenters. The maximum atomic E-state index is 13.2. The summed E-state index contributed by atoms with van der Waals surface area (Å²) in [4.78, 5) is 0. The zero-order valence-electron chi connectivity index (χ0n) is 7.38. The largest absolute Gasteiger partial charge is 0.507 e. The van der Waals surface area contributed by atoms with E-state index < -0.39 is 5.82 Å². The maximum absolute atomic E-state index is 13.2. The zero-order chi connectivity index (χ0) is 10.1. The summed E-state index contributed by atoms with van der Waals surface area (Å²) < 4.78 is 18.4. The number of nitriles is 1. The fourth-order valence-corrected chi connectivity index (χ4v) is 1.58. The molecule has 0 saturated heterocycles. The molecule has 0 radical (unpaired) electrons. The number of aromatic hydroxyl groups is 1. The van der Waals surface area contributed by atoms with Crippen molar-refractivity contribution < 1.29 is 14.2 Å². The Morgan fingerprint density at radius 1 is 1.57 bits per heavy atom. The minimum Gasteiger partial charge on any atom is -0.507 e. The molecule has 4 heteroatoms. The third kappa shape index (κ3) is 1.18. The normalized spacial score (nSPS) is 14.0. The van der Waals surface area contributed by atoms with Gasteiger partial charge in [-0.1, -0.05) is 0 Å². The van der Waals surface area contributed by atoms with Crippen molar-refractivity contribution >= 4 is 0 Å². The van der Waals surface area contributed by atoms with E-state index in [1.165, 1.54) is 0 Å². The standard InChI is InChI=1S/C10H8FNO2/c11-8-4-9(13)6-2-1-3-14-10(6)7(8)5-12/h4,13H,1-3H2. The summed E-state index contributed by atoms with van der Waals surface area (Å²) in [6, 6.07) is 2.70. The Balaban J connectivity index is 2.69. The number of rotatable bonds is 0. The van der Waals surface area contributed by atoms with Crippen LogP contribution in [0.3, 0.4) is 0 Å². The van der Waals surface area contributed by atoms with Crippen LogP contribution >= 0.6 is 0 Å². The molecule has 2 rings (SSSR count). The van der Waals surface area contributed by atoms with E-state index in [-0.39, 0.29) is 17.1 Å². The third-order valence-corrected chi connectivity index (χ3v) is 2.24. The van der Waals surface area contributed by atoms with Gasteiger partial charge in [0.15, 0.2) is 0 Å². The van der Waals surface area contributed by atoms with Gasteiger partial charge in [0.05, 0.1) is 6.61 Å². The molecule has 0 aliphatic carbocycles. The first kappa shape index (κ1) is 8.82. The van der Waals surface area contributed by atoms with Gasteiger partial charge in [-0.2, -0.15) is 5.26 Å². The molecule has 1 aliphatic rings. The topological polar surface area (TPSA) is 53.2 Å². The lowest BCUT2D eigenvalue weighted by atomic mass is 10.0. The highest BCUT2D eigenvalue weighted by Crippen LogP contribution is 2.36. The van der Waals surface area contributed by atoms with E-state index in [4.69, 9.17) is 10.00 Å². The molecule has 1 N–H and O–H groups in total. The Morgan fingerprint density at radius 2 is 2.36 bits per heavy atom. The number of hydrogen-bond acceptors (Lipinski definition) is 3. The van der Waals surface area contributed by atoms with Crippen molar-refractivity contribution in [1.82, 2.24) is 0 Å². The van der Waals surface area contributed by atoms with Crippen LogP contribution in [0.25, 0.3) is 0 Å². The Kier molecular flexibility index (Phi) is 2.01. The molecule has 1 aliphatic heterocycles. The molecular formula is C10H8FNO2. The van der Waals surface area contributed by atoms with E-state index >= 15 is 0 Å². The molecular weight excluding hydrogens is 185 g/mol. The summed E-state index contributed by atoms with van der Waals surface area (Å²) in [5, 5.41) is 18.1. The first-order chi connectivity index (χ1) is 6.74. The van der Waals surface area contributed by atoms with Gasteiger partial charge in [0.25, 0.3) is 0 Å². The van der Waals surface area contributed by atoms with Crippen molar-refractivity contribution in [3.8, 4) is 17.6 Å². The Hall–Kier alpha value is -1.76. The summed E-state index contributed by atoms with van der Waals surface area (Å²) in [5.41, 5.74) is 0.423. The second kappa shape index (κ2) is 3.18. The summed E-state index contributed by atoms with van der Waals surface area (Å²) in [7, 11) is 0. The van der Waals surface area contributed by atoms with Crippen molar-refractivity contribution in [1.29, 1.82) is 5.26 Å². The predicted molar refractivity (Wildman–Crippen MR) is 46.6 cm³/mol. The third-order valence-electron chi connectivity index (χ3n) is 2.24. The average molecular weight is 193 g/mol. The second-order valence-electron chi connectivity index (χ2n) is 3.12. The number of ether oxygens (including phenoxy) is 1. The number of hydrogen-bond donors (Lipinski definition) is 1. The predicted octanol–water partition coefficient (Wildman–Crippen LogP) is 1.73. The smallest absolute Gasteiger partial charge is 0.148 e. The fourth-order valence-electron chi connectivity index (χ4n) is 1.58. The summed E-state index contributed by atoms with van der Waals surface area (Å²) in [6.45, 7) is 0.463. The number of halogens is 1. The SMILES string of the molecule is N#Cc1c(F)cc(O)c2c1OCCC2. The lowest BCUT2D eigenvalue weighted by Gasteiger charge is -2.19. The zero-order valence-corrected chi connectivity index (χ0v) is 7.38. The van der Waals surface area contributed by atoms with Crippen molar-refractivity contribution in [2.75, 3.05) is 6.61 Å². The van der Waals surface area contributed by atoms with Crippen LogP contribution in [-0.4, -0.2) is 11.7 Å². The van der Waals surface area contributed by atoms with Gasteiger partial charge >= 0.3 is 0 Å². The number of phenolic OH excluding ortho intramolecular Hbond substituents is 1. The van der Waals surface area contributed by atoms with Crippen LogP contribution in [0.1, 0.15) is 17.5 Å². The highest BCUT2D eigenvalue weighted by molar-refractivity contribution is 5.55. The average Bonchev–Trinajstić information content (AvgIpc) is 2.18. The molecule has 0 unspecified atom stereocenters. The molecule has 0 bridgehead atoms. The number of nitrogens with zero attached hydrogens (tertiary/aromatic N) is 1. The van der Waals surface area contributed by atoms with Gasteiger partial charge in [-0.05, 0) is 12.8 Å². The van der Waals surface area contributed by atoms with Gasteiger partial charge < -0.3 is 9.84 Å². The van der Waals surface area contributed by atoms with E-state index in [9.17, 15) is 9.50 Å². The molecule has 0 saturated carbocycles. The van der Waals surface area contributed by atoms with E-state index in [2.05, 4.69) is 0 Å².